The Morgan fingerprint density at radius 3 is 2.75 bits per heavy atom. The highest BCUT2D eigenvalue weighted by atomic mass is 19.3. The second-order valence-corrected chi connectivity index (χ2v) is 3.87. The van der Waals surface area contributed by atoms with Gasteiger partial charge >= 0.3 is 0 Å². The standard InChI is InChI=1S/C11H13F3N2/c12-9-5-7(11(13)14)1-2-10(9)16-8-3-4-15-6-8/h1-2,5,8,11,15-16H,3-4,6H2. The first-order valence-electron chi connectivity index (χ1n) is 5.21. The predicted octanol–water partition coefficient (Wildman–Crippen LogP) is 2.54. The van der Waals surface area contributed by atoms with E-state index in [0.717, 1.165) is 25.6 Å². The SMILES string of the molecule is Fc1cc(C(F)F)ccc1NC1CCNC1. The lowest BCUT2D eigenvalue weighted by molar-refractivity contribution is 0.151. The first-order valence-corrected chi connectivity index (χ1v) is 5.21. The highest BCUT2D eigenvalue weighted by molar-refractivity contribution is 5.47. The summed E-state index contributed by atoms with van der Waals surface area (Å²) in [6.45, 7) is 1.67. The van der Waals surface area contributed by atoms with Gasteiger partial charge in [0, 0.05) is 18.2 Å². The quantitative estimate of drug-likeness (QED) is 0.833. The Labute approximate surface area is 91.8 Å². The van der Waals surface area contributed by atoms with Gasteiger partial charge < -0.3 is 10.6 Å². The third-order valence-electron chi connectivity index (χ3n) is 2.67. The van der Waals surface area contributed by atoms with Crippen molar-refractivity contribution >= 4 is 5.69 Å². The van der Waals surface area contributed by atoms with E-state index in [4.69, 9.17) is 0 Å². The lowest BCUT2D eigenvalue weighted by Gasteiger charge is -2.14. The van der Waals surface area contributed by atoms with Crippen LogP contribution in [0.25, 0.3) is 0 Å². The Morgan fingerprint density at radius 2 is 2.19 bits per heavy atom. The third-order valence-corrected chi connectivity index (χ3v) is 2.67. The van der Waals surface area contributed by atoms with E-state index >= 15 is 0 Å². The van der Waals surface area contributed by atoms with Crippen molar-refractivity contribution in [2.75, 3.05) is 18.4 Å². The Kier molecular flexibility index (Phi) is 3.33. The van der Waals surface area contributed by atoms with Gasteiger partial charge in [0.25, 0.3) is 6.43 Å². The van der Waals surface area contributed by atoms with Crippen molar-refractivity contribution in [1.82, 2.24) is 5.32 Å². The lowest BCUT2D eigenvalue weighted by Crippen LogP contribution is -2.22. The van der Waals surface area contributed by atoms with Crippen LogP contribution in [0.5, 0.6) is 0 Å². The monoisotopic (exact) mass is 230 g/mol. The summed E-state index contributed by atoms with van der Waals surface area (Å²) >= 11 is 0. The summed E-state index contributed by atoms with van der Waals surface area (Å²) in [7, 11) is 0. The summed E-state index contributed by atoms with van der Waals surface area (Å²) in [5, 5.41) is 6.13. The molecule has 1 aromatic carbocycles. The molecule has 1 saturated heterocycles. The van der Waals surface area contributed by atoms with Gasteiger partial charge in [0.05, 0.1) is 5.69 Å². The molecule has 0 radical (unpaired) electrons. The molecule has 1 aliphatic heterocycles. The molecule has 2 rings (SSSR count). The van der Waals surface area contributed by atoms with E-state index in [1.807, 2.05) is 0 Å². The third kappa shape index (κ3) is 2.47. The largest absolute Gasteiger partial charge is 0.379 e. The van der Waals surface area contributed by atoms with Gasteiger partial charge in [0.1, 0.15) is 5.82 Å². The van der Waals surface area contributed by atoms with E-state index in [0.29, 0.717) is 0 Å². The number of hydrogen-bond acceptors (Lipinski definition) is 2. The van der Waals surface area contributed by atoms with Crippen LogP contribution in [0.3, 0.4) is 0 Å². The fourth-order valence-electron chi connectivity index (χ4n) is 1.78. The Balaban J connectivity index is 2.09. The zero-order valence-corrected chi connectivity index (χ0v) is 8.64. The molecule has 5 heteroatoms. The highest BCUT2D eigenvalue weighted by Crippen LogP contribution is 2.24. The number of halogens is 3. The van der Waals surface area contributed by atoms with Crippen molar-refractivity contribution in [3.63, 3.8) is 0 Å². The molecule has 2 N–H and O–H groups in total. The van der Waals surface area contributed by atoms with E-state index in [-0.39, 0.29) is 17.3 Å². The van der Waals surface area contributed by atoms with E-state index in [1.165, 1.54) is 12.1 Å². The maximum absolute atomic E-state index is 13.4. The van der Waals surface area contributed by atoms with Gasteiger partial charge in [-0.25, -0.2) is 13.2 Å². The smallest absolute Gasteiger partial charge is 0.263 e. The van der Waals surface area contributed by atoms with Gasteiger partial charge in [-0.3, -0.25) is 0 Å². The topological polar surface area (TPSA) is 24.1 Å². The lowest BCUT2D eigenvalue weighted by atomic mass is 10.2. The van der Waals surface area contributed by atoms with Crippen LogP contribution in [-0.2, 0) is 0 Å². The number of nitrogens with one attached hydrogen (secondary N) is 2. The normalized spacial score (nSPS) is 20.4. The molecular formula is C11H13F3N2. The van der Waals surface area contributed by atoms with Crippen LogP contribution in [0.1, 0.15) is 18.4 Å². The maximum atomic E-state index is 13.4. The zero-order valence-electron chi connectivity index (χ0n) is 8.64. The van der Waals surface area contributed by atoms with Gasteiger partial charge in [-0.15, -0.1) is 0 Å². The summed E-state index contributed by atoms with van der Waals surface area (Å²) < 4.78 is 38.0. The molecule has 0 aromatic heterocycles. The molecule has 0 saturated carbocycles. The molecule has 1 aliphatic rings. The molecule has 1 atom stereocenters. The van der Waals surface area contributed by atoms with E-state index in [2.05, 4.69) is 10.6 Å². The molecular weight excluding hydrogens is 217 g/mol. The molecule has 1 fully saturated rings. The van der Waals surface area contributed by atoms with Crippen molar-refractivity contribution < 1.29 is 13.2 Å². The molecule has 1 heterocycles. The summed E-state index contributed by atoms with van der Waals surface area (Å²) in [5.41, 5.74) is 0.00527. The van der Waals surface area contributed by atoms with E-state index < -0.39 is 12.2 Å². The zero-order chi connectivity index (χ0) is 11.5. The summed E-state index contributed by atoms with van der Waals surface area (Å²) in [6, 6.07) is 3.68. The minimum atomic E-state index is -2.63. The number of anilines is 1. The fraction of sp³-hybridized carbons (Fsp3) is 0.455. The second-order valence-electron chi connectivity index (χ2n) is 3.87. The van der Waals surface area contributed by atoms with Gasteiger partial charge in [0.15, 0.2) is 0 Å². The number of benzene rings is 1. The van der Waals surface area contributed by atoms with Crippen LogP contribution in [-0.4, -0.2) is 19.1 Å². The van der Waals surface area contributed by atoms with Gasteiger partial charge in [-0.2, -0.15) is 0 Å². The molecule has 0 spiro atoms. The summed E-state index contributed by atoms with van der Waals surface area (Å²) in [5.74, 6) is -0.621. The van der Waals surface area contributed by atoms with Crippen molar-refractivity contribution in [3.05, 3.63) is 29.6 Å². The molecule has 1 unspecified atom stereocenters. The van der Waals surface area contributed by atoms with Crippen LogP contribution < -0.4 is 10.6 Å². The Morgan fingerprint density at radius 1 is 1.38 bits per heavy atom. The first-order chi connectivity index (χ1) is 7.66. The molecule has 88 valence electrons. The Bertz CT molecular complexity index is 362. The second kappa shape index (κ2) is 4.74. The molecule has 16 heavy (non-hydrogen) atoms. The fourth-order valence-corrected chi connectivity index (χ4v) is 1.78. The molecule has 0 amide bonds. The minimum Gasteiger partial charge on any atom is -0.379 e. The number of hydrogen-bond donors (Lipinski definition) is 2. The Hall–Kier alpha value is -1.23. The van der Waals surface area contributed by atoms with Crippen molar-refractivity contribution in [3.8, 4) is 0 Å². The van der Waals surface area contributed by atoms with Gasteiger partial charge in [0.2, 0.25) is 0 Å². The van der Waals surface area contributed by atoms with Crippen LogP contribution in [0, 0.1) is 5.82 Å². The maximum Gasteiger partial charge on any atom is 0.263 e. The van der Waals surface area contributed by atoms with E-state index in [1.54, 1.807) is 0 Å². The predicted molar refractivity (Wildman–Crippen MR) is 56.3 cm³/mol. The van der Waals surface area contributed by atoms with Crippen LogP contribution in [0.2, 0.25) is 0 Å². The number of alkyl halides is 2. The first kappa shape index (κ1) is 11.3. The summed E-state index contributed by atoms with van der Waals surface area (Å²) in [4.78, 5) is 0. The minimum absolute atomic E-state index is 0.173. The summed E-state index contributed by atoms with van der Waals surface area (Å²) in [6.07, 6.45) is -1.72. The van der Waals surface area contributed by atoms with Gasteiger partial charge in [-0.05, 0) is 25.1 Å². The van der Waals surface area contributed by atoms with Crippen molar-refractivity contribution in [2.24, 2.45) is 0 Å². The average Bonchev–Trinajstić information content (AvgIpc) is 2.73. The van der Waals surface area contributed by atoms with Crippen LogP contribution >= 0.6 is 0 Å². The van der Waals surface area contributed by atoms with E-state index in [9.17, 15) is 13.2 Å². The average molecular weight is 230 g/mol. The van der Waals surface area contributed by atoms with Crippen LogP contribution in [0.15, 0.2) is 18.2 Å². The molecule has 1 aromatic rings. The highest BCUT2D eigenvalue weighted by Gasteiger charge is 2.16. The van der Waals surface area contributed by atoms with Gasteiger partial charge in [-0.1, -0.05) is 6.07 Å². The van der Waals surface area contributed by atoms with Crippen molar-refractivity contribution in [2.45, 2.75) is 18.9 Å². The van der Waals surface area contributed by atoms with Crippen molar-refractivity contribution in [1.29, 1.82) is 0 Å². The number of rotatable bonds is 3. The molecule has 0 bridgehead atoms. The molecule has 0 aliphatic carbocycles. The van der Waals surface area contributed by atoms with Crippen LogP contribution in [0.4, 0.5) is 18.9 Å². The molecule has 2 nitrogen and oxygen atoms in total.